The summed E-state index contributed by atoms with van der Waals surface area (Å²) in [6, 6.07) is 17.8. The van der Waals surface area contributed by atoms with E-state index >= 15 is 0 Å². The number of benzene rings is 2. The predicted molar refractivity (Wildman–Crippen MR) is 99.7 cm³/mol. The number of hydrogen-bond donors (Lipinski definition) is 2. The van der Waals surface area contributed by atoms with Gasteiger partial charge in [-0.05, 0) is 36.6 Å². The molecule has 0 unspecified atom stereocenters. The van der Waals surface area contributed by atoms with E-state index < -0.39 is 0 Å². The fourth-order valence-corrected chi connectivity index (χ4v) is 3.45. The summed E-state index contributed by atoms with van der Waals surface area (Å²) in [7, 11) is 0. The maximum absolute atomic E-state index is 6.46. The Morgan fingerprint density at radius 1 is 1.08 bits per heavy atom. The molecule has 0 aliphatic carbocycles. The summed E-state index contributed by atoms with van der Waals surface area (Å²) in [6.45, 7) is 2.02. The highest BCUT2D eigenvalue weighted by atomic mass is 35.5. The first-order chi connectivity index (χ1) is 11.7. The molecule has 0 spiro atoms. The van der Waals surface area contributed by atoms with Gasteiger partial charge in [0.1, 0.15) is 0 Å². The van der Waals surface area contributed by atoms with Crippen LogP contribution in [0.2, 0.25) is 5.02 Å². The first kappa shape index (κ1) is 16.8. The van der Waals surface area contributed by atoms with Crippen molar-refractivity contribution >= 4 is 23.2 Å². The van der Waals surface area contributed by atoms with Gasteiger partial charge in [0.15, 0.2) is 5.96 Å². The standard InChI is InChI=1S/C19H22ClN3O/c20-17-9-5-4-8-16(17)19(10-12-24-13-11-19)14-22-18(21)23-15-6-2-1-3-7-15/h1-9H,10-14H2,(H3,21,22,23). The topological polar surface area (TPSA) is 59.6 Å². The van der Waals surface area contributed by atoms with E-state index in [0.29, 0.717) is 25.7 Å². The summed E-state index contributed by atoms with van der Waals surface area (Å²) >= 11 is 6.46. The van der Waals surface area contributed by atoms with Gasteiger partial charge in [0, 0.05) is 29.3 Å². The Bertz CT molecular complexity index is 697. The lowest BCUT2D eigenvalue weighted by Gasteiger charge is -2.37. The smallest absolute Gasteiger partial charge is 0.193 e. The van der Waals surface area contributed by atoms with Gasteiger partial charge in [0.25, 0.3) is 0 Å². The lowest BCUT2D eigenvalue weighted by atomic mass is 9.74. The van der Waals surface area contributed by atoms with Crippen LogP contribution in [0.3, 0.4) is 0 Å². The second-order valence-corrected chi connectivity index (χ2v) is 6.47. The minimum absolute atomic E-state index is 0.125. The molecular formula is C19H22ClN3O. The lowest BCUT2D eigenvalue weighted by molar-refractivity contribution is 0.0532. The highest BCUT2D eigenvalue weighted by Crippen LogP contribution is 2.38. The fourth-order valence-electron chi connectivity index (χ4n) is 3.11. The molecular weight excluding hydrogens is 322 g/mol. The first-order valence-corrected chi connectivity index (χ1v) is 8.52. The van der Waals surface area contributed by atoms with Crippen LogP contribution < -0.4 is 11.1 Å². The molecule has 5 heteroatoms. The maximum atomic E-state index is 6.46. The average molecular weight is 344 g/mol. The minimum Gasteiger partial charge on any atom is -0.381 e. The predicted octanol–water partition coefficient (Wildman–Crippen LogP) is 3.82. The van der Waals surface area contributed by atoms with E-state index in [4.69, 9.17) is 22.1 Å². The minimum atomic E-state index is -0.125. The van der Waals surface area contributed by atoms with Crippen molar-refractivity contribution in [3.05, 3.63) is 65.2 Å². The number of aliphatic imine (C=N–C) groups is 1. The number of halogens is 1. The summed E-state index contributed by atoms with van der Waals surface area (Å²) < 4.78 is 5.55. The van der Waals surface area contributed by atoms with Crippen molar-refractivity contribution in [2.75, 3.05) is 25.1 Å². The van der Waals surface area contributed by atoms with Crippen LogP contribution in [0.4, 0.5) is 5.69 Å². The molecule has 1 aliphatic rings. The van der Waals surface area contributed by atoms with Gasteiger partial charge in [0.05, 0.1) is 6.54 Å². The van der Waals surface area contributed by atoms with Crippen LogP contribution in [0.25, 0.3) is 0 Å². The van der Waals surface area contributed by atoms with Crippen molar-refractivity contribution in [2.45, 2.75) is 18.3 Å². The Morgan fingerprint density at radius 2 is 1.75 bits per heavy atom. The molecule has 0 atom stereocenters. The van der Waals surface area contributed by atoms with Crippen molar-refractivity contribution in [3.8, 4) is 0 Å². The summed E-state index contributed by atoms with van der Waals surface area (Å²) in [6.07, 6.45) is 1.78. The lowest BCUT2D eigenvalue weighted by Crippen LogP contribution is -2.38. The van der Waals surface area contributed by atoms with Gasteiger partial charge >= 0.3 is 0 Å². The summed E-state index contributed by atoms with van der Waals surface area (Å²) in [5, 5.41) is 3.91. The van der Waals surface area contributed by atoms with Crippen molar-refractivity contribution in [3.63, 3.8) is 0 Å². The zero-order chi connectivity index (χ0) is 16.8. The zero-order valence-corrected chi connectivity index (χ0v) is 14.3. The van der Waals surface area contributed by atoms with E-state index in [2.05, 4.69) is 16.4 Å². The summed E-state index contributed by atoms with van der Waals surface area (Å²) in [5.74, 6) is 0.416. The van der Waals surface area contributed by atoms with Gasteiger partial charge in [0.2, 0.25) is 0 Å². The van der Waals surface area contributed by atoms with Crippen LogP contribution >= 0.6 is 11.6 Å². The Balaban J connectivity index is 1.80. The Hall–Kier alpha value is -2.04. The molecule has 0 bridgehead atoms. The molecule has 0 aromatic heterocycles. The van der Waals surface area contributed by atoms with Gasteiger partial charge in [-0.1, -0.05) is 48.0 Å². The van der Waals surface area contributed by atoms with Gasteiger partial charge in [-0.3, -0.25) is 4.99 Å². The number of nitrogens with two attached hydrogens (primary N) is 1. The Kier molecular flexibility index (Phi) is 5.38. The third-order valence-corrected chi connectivity index (χ3v) is 4.82. The van der Waals surface area contributed by atoms with Crippen LogP contribution in [-0.4, -0.2) is 25.7 Å². The number of guanidine groups is 1. The van der Waals surface area contributed by atoms with Crippen LogP contribution in [-0.2, 0) is 10.2 Å². The molecule has 1 aliphatic heterocycles. The molecule has 1 heterocycles. The number of rotatable bonds is 4. The second-order valence-electron chi connectivity index (χ2n) is 6.07. The molecule has 2 aromatic carbocycles. The van der Waals surface area contributed by atoms with Crippen molar-refractivity contribution in [1.29, 1.82) is 0 Å². The van der Waals surface area contributed by atoms with Crippen molar-refractivity contribution in [1.82, 2.24) is 0 Å². The Morgan fingerprint density at radius 3 is 2.46 bits per heavy atom. The number of anilines is 1. The van der Waals surface area contributed by atoms with E-state index in [-0.39, 0.29) is 5.41 Å². The monoisotopic (exact) mass is 343 g/mol. The van der Waals surface area contributed by atoms with E-state index in [0.717, 1.165) is 29.1 Å². The number of nitrogens with zero attached hydrogens (tertiary/aromatic N) is 1. The normalized spacial score (nSPS) is 17.5. The molecule has 0 saturated carbocycles. The van der Waals surface area contributed by atoms with Gasteiger partial charge < -0.3 is 15.8 Å². The highest BCUT2D eigenvalue weighted by molar-refractivity contribution is 6.31. The Labute approximate surface area is 147 Å². The van der Waals surface area contributed by atoms with Crippen LogP contribution in [0, 0.1) is 0 Å². The number of para-hydroxylation sites is 1. The van der Waals surface area contributed by atoms with Crippen molar-refractivity contribution < 1.29 is 4.74 Å². The summed E-state index contributed by atoms with van der Waals surface area (Å²) in [4.78, 5) is 4.60. The van der Waals surface area contributed by atoms with E-state index in [1.54, 1.807) is 0 Å². The molecule has 3 N–H and O–H groups in total. The number of ether oxygens (including phenoxy) is 1. The SMILES string of the molecule is NC(=NCC1(c2ccccc2Cl)CCOCC1)Nc1ccccc1. The highest BCUT2D eigenvalue weighted by Gasteiger charge is 2.35. The van der Waals surface area contributed by atoms with E-state index in [9.17, 15) is 0 Å². The zero-order valence-electron chi connectivity index (χ0n) is 13.5. The maximum Gasteiger partial charge on any atom is 0.193 e. The largest absolute Gasteiger partial charge is 0.381 e. The van der Waals surface area contributed by atoms with Crippen LogP contribution in [0.5, 0.6) is 0 Å². The fraction of sp³-hybridized carbons (Fsp3) is 0.316. The van der Waals surface area contributed by atoms with Crippen LogP contribution in [0.15, 0.2) is 59.6 Å². The van der Waals surface area contributed by atoms with E-state index in [1.165, 1.54) is 0 Å². The quantitative estimate of drug-likeness (QED) is 0.655. The average Bonchev–Trinajstić information content (AvgIpc) is 2.62. The third-order valence-electron chi connectivity index (χ3n) is 4.49. The van der Waals surface area contributed by atoms with Gasteiger partial charge in [-0.15, -0.1) is 0 Å². The second kappa shape index (κ2) is 7.69. The van der Waals surface area contributed by atoms with Gasteiger partial charge in [-0.25, -0.2) is 0 Å². The molecule has 0 radical (unpaired) electrons. The molecule has 1 saturated heterocycles. The summed E-state index contributed by atoms with van der Waals surface area (Å²) in [5.41, 5.74) is 8.01. The third kappa shape index (κ3) is 3.89. The molecule has 126 valence electrons. The van der Waals surface area contributed by atoms with E-state index in [1.807, 2.05) is 48.5 Å². The first-order valence-electron chi connectivity index (χ1n) is 8.14. The van der Waals surface area contributed by atoms with Crippen molar-refractivity contribution in [2.24, 2.45) is 10.7 Å². The molecule has 24 heavy (non-hydrogen) atoms. The van der Waals surface area contributed by atoms with Gasteiger partial charge in [-0.2, -0.15) is 0 Å². The molecule has 4 nitrogen and oxygen atoms in total. The number of hydrogen-bond acceptors (Lipinski definition) is 2. The molecule has 3 rings (SSSR count). The number of nitrogens with one attached hydrogen (secondary N) is 1. The molecule has 0 amide bonds. The molecule has 1 fully saturated rings. The van der Waals surface area contributed by atoms with Crippen LogP contribution in [0.1, 0.15) is 18.4 Å². The molecule has 2 aromatic rings.